The Morgan fingerprint density at radius 2 is 2.06 bits per heavy atom. The number of benzene rings is 1. The summed E-state index contributed by atoms with van der Waals surface area (Å²) in [6.45, 7) is 10.3. The molecule has 2 atom stereocenters. The van der Waals surface area contributed by atoms with Gasteiger partial charge in [0.2, 0.25) is 0 Å². The van der Waals surface area contributed by atoms with Crippen molar-refractivity contribution >= 4 is 0 Å². The second-order valence-electron chi connectivity index (χ2n) is 6.20. The van der Waals surface area contributed by atoms with Gasteiger partial charge in [-0.2, -0.15) is 0 Å². The fourth-order valence-corrected chi connectivity index (χ4v) is 3.09. The van der Waals surface area contributed by atoms with E-state index in [2.05, 4.69) is 51.2 Å². The maximum atomic E-state index is 3.70. The number of rotatable bonds is 5. The zero-order valence-corrected chi connectivity index (χ0v) is 12.3. The Hall–Kier alpha value is -0.820. The molecule has 0 aromatic heterocycles. The van der Waals surface area contributed by atoms with Crippen LogP contribution in [-0.4, -0.2) is 6.54 Å². The molecule has 0 fully saturated rings. The molecule has 0 saturated heterocycles. The predicted octanol–water partition coefficient (Wildman–Crippen LogP) is 4.43. The standard InChI is InChI=1S/C17H27N/c1-5-8-18-17-10-13(4)15-7-6-14(9-12(2)3)11-16(15)17/h6-7,11-13,17-18H,5,8-10H2,1-4H3. The summed E-state index contributed by atoms with van der Waals surface area (Å²) in [4.78, 5) is 0. The van der Waals surface area contributed by atoms with Crippen LogP contribution in [0.1, 0.15) is 69.2 Å². The van der Waals surface area contributed by atoms with E-state index >= 15 is 0 Å². The third-order valence-corrected chi connectivity index (χ3v) is 3.93. The second kappa shape index (κ2) is 5.88. The average Bonchev–Trinajstić information content (AvgIpc) is 2.62. The Kier molecular flexibility index (Phi) is 4.45. The number of hydrogen-bond acceptors (Lipinski definition) is 1. The Morgan fingerprint density at radius 1 is 1.28 bits per heavy atom. The molecule has 0 spiro atoms. The second-order valence-corrected chi connectivity index (χ2v) is 6.20. The summed E-state index contributed by atoms with van der Waals surface area (Å²) >= 11 is 0. The highest BCUT2D eigenvalue weighted by Gasteiger charge is 2.27. The molecule has 1 heteroatoms. The summed E-state index contributed by atoms with van der Waals surface area (Å²) in [6.07, 6.45) is 3.68. The van der Waals surface area contributed by atoms with Gasteiger partial charge in [-0.05, 0) is 54.3 Å². The molecule has 1 aromatic rings. The molecule has 2 rings (SSSR count). The van der Waals surface area contributed by atoms with Crippen LogP contribution in [0.15, 0.2) is 18.2 Å². The van der Waals surface area contributed by atoms with Crippen LogP contribution in [0.2, 0.25) is 0 Å². The van der Waals surface area contributed by atoms with E-state index in [1.165, 1.54) is 24.8 Å². The fraction of sp³-hybridized carbons (Fsp3) is 0.647. The molecule has 0 saturated carbocycles. The van der Waals surface area contributed by atoms with Crippen molar-refractivity contribution in [3.8, 4) is 0 Å². The summed E-state index contributed by atoms with van der Waals surface area (Å²) in [7, 11) is 0. The molecule has 0 bridgehead atoms. The first-order valence-corrected chi connectivity index (χ1v) is 7.48. The lowest BCUT2D eigenvalue weighted by Crippen LogP contribution is -2.20. The number of hydrogen-bond donors (Lipinski definition) is 1. The van der Waals surface area contributed by atoms with Gasteiger partial charge in [0, 0.05) is 6.04 Å². The van der Waals surface area contributed by atoms with Gasteiger partial charge >= 0.3 is 0 Å². The summed E-state index contributed by atoms with van der Waals surface area (Å²) < 4.78 is 0. The molecule has 18 heavy (non-hydrogen) atoms. The molecule has 1 aliphatic rings. The molecule has 100 valence electrons. The molecular weight excluding hydrogens is 218 g/mol. The molecular formula is C17H27N. The van der Waals surface area contributed by atoms with Gasteiger partial charge in [-0.3, -0.25) is 0 Å². The lowest BCUT2D eigenvalue weighted by molar-refractivity contribution is 0.505. The Bertz CT molecular complexity index is 395. The van der Waals surface area contributed by atoms with Crippen molar-refractivity contribution in [2.24, 2.45) is 5.92 Å². The summed E-state index contributed by atoms with van der Waals surface area (Å²) in [5.74, 6) is 1.45. The van der Waals surface area contributed by atoms with E-state index in [0.29, 0.717) is 12.0 Å². The molecule has 1 N–H and O–H groups in total. The van der Waals surface area contributed by atoms with E-state index in [0.717, 1.165) is 12.5 Å². The Labute approximate surface area is 112 Å². The van der Waals surface area contributed by atoms with E-state index in [9.17, 15) is 0 Å². The van der Waals surface area contributed by atoms with Crippen LogP contribution < -0.4 is 5.32 Å². The third kappa shape index (κ3) is 2.95. The van der Waals surface area contributed by atoms with Crippen LogP contribution in [-0.2, 0) is 6.42 Å². The average molecular weight is 245 g/mol. The van der Waals surface area contributed by atoms with Crippen molar-refractivity contribution in [3.63, 3.8) is 0 Å². The highest BCUT2D eigenvalue weighted by atomic mass is 14.9. The van der Waals surface area contributed by atoms with Gasteiger partial charge in [0.05, 0.1) is 0 Å². The van der Waals surface area contributed by atoms with Gasteiger partial charge in [-0.25, -0.2) is 0 Å². The zero-order chi connectivity index (χ0) is 13.1. The van der Waals surface area contributed by atoms with Crippen LogP contribution in [0, 0.1) is 5.92 Å². The molecule has 0 radical (unpaired) electrons. The highest BCUT2D eigenvalue weighted by molar-refractivity contribution is 5.40. The lowest BCUT2D eigenvalue weighted by Gasteiger charge is -2.15. The van der Waals surface area contributed by atoms with Crippen molar-refractivity contribution in [2.75, 3.05) is 6.54 Å². The van der Waals surface area contributed by atoms with E-state index < -0.39 is 0 Å². The molecule has 2 unspecified atom stereocenters. The smallest absolute Gasteiger partial charge is 0.0328 e. The van der Waals surface area contributed by atoms with Gasteiger partial charge in [-0.1, -0.05) is 45.9 Å². The van der Waals surface area contributed by atoms with Crippen LogP contribution in [0.25, 0.3) is 0 Å². The maximum absolute atomic E-state index is 3.70. The molecule has 1 aliphatic carbocycles. The molecule has 0 aliphatic heterocycles. The first-order chi connectivity index (χ1) is 8.61. The first-order valence-electron chi connectivity index (χ1n) is 7.48. The van der Waals surface area contributed by atoms with E-state index in [1.807, 2.05) is 0 Å². The van der Waals surface area contributed by atoms with Gasteiger partial charge < -0.3 is 5.32 Å². The predicted molar refractivity (Wildman–Crippen MR) is 79.1 cm³/mol. The van der Waals surface area contributed by atoms with Crippen molar-refractivity contribution in [1.29, 1.82) is 0 Å². The zero-order valence-electron chi connectivity index (χ0n) is 12.3. The lowest BCUT2D eigenvalue weighted by atomic mass is 9.97. The summed E-state index contributed by atoms with van der Waals surface area (Å²) in [5.41, 5.74) is 4.63. The third-order valence-electron chi connectivity index (χ3n) is 3.93. The molecule has 0 heterocycles. The van der Waals surface area contributed by atoms with Crippen LogP contribution in [0.5, 0.6) is 0 Å². The van der Waals surface area contributed by atoms with Crippen molar-refractivity contribution < 1.29 is 0 Å². The van der Waals surface area contributed by atoms with Gasteiger partial charge in [0.25, 0.3) is 0 Å². The Balaban J connectivity index is 2.20. The normalized spacial score (nSPS) is 22.5. The van der Waals surface area contributed by atoms with E-state index in [1.54, 1.807) is 11.1 Å². The monoisotopic (exact) mass is 245 g/mol. The van der Waals surface area contributed by atoms with E-state index in [4.69, 9.17) is 0 Å². The fourth-order valence-electron chi connectivity index (χ4n) is 3.09. The molecule has 1 aromatic carbocycles. The summed E-state index contributed by atoms with van der Waals surface area (Å²) in [6, 6.07) is 7.73. The largest absolute Gasteiger partial charge is 0.310 e. The highest BCUT2D eigenvalue weighted by Crippen LogP contribution is 2.40. The summed E-state index contributed by atoms with van der Waals surface area (Å²) in [5, 5.41) is 3.70. The van der Waals surface area contributed by atoms with Crippen LogP contribution >= 0.6 is 0 Å². The number of nitrogens with one attached hydrogen (secondary N) is 1. The minimum Gasteiger partial charge on any atom is -0.310 e. The van der Waals surface area contributed by atoms with E-state index in [-0.39, 0.29) is 0 Å². The van der Waals surface area contributed by atoms with Crippen LogP contribution in [0.3, 0.4) is 0 Å². The quantitative estimate of drug-likeness (QED) is 0.809. The van der Waals surface area contributed by atoms with Crippen molar-refractivity contribution in [1.82, 2.24) is 5.32 Å². The molecule has 0 amide bonds. The van der Waals surface area contributed by atoms with Crippen molar-refractivity contribution in [2.45, 2.75) is 58.9 Å². The van der Waals surface area contributed by atoms with Gasteiger partial charge in [0.15, 0.2) is 0 Å². The van der Waals surface area contributed by atoms with Crippen molar-refractivity contribution in [3.05, 3.63) is 34.9 Å². The van der Waals surface area contributed by atoms with Gasteiger partial charge in [-0.15, -0.1) is 0 Å². The first kappa shape index (κ1) is 13.6. The van der Waals surface area contributed by atoms with Crippen LogP contribution in [0.4, 0.5) is 0 Å². The topological polar surface area (TPSA) is 12.0 Å². The SMILES string of the molecule is CCCNC1CC(C)c2ccc(CC(C)C)cc21. The minimum absolute atomic E-state index is 0.585. The number of fused-ring (bicyclic) bond motifs is 1. The maximum Gasteiger partial charge on any atom is 0.0328 e. The minimum atomic E-state index is 0.585. The Morgan fingerprint density at radius 3 is 2.72 bits per heavy atom. The van der Waals surface area contributed by atoms with Gasteiger partial charge in [0.1, 0.15) is 0 Å². The molecule has 1 nitrogen and oxygen atoms in total.